The Kier molecular flexibility index (Phi) is 8.33. The summed E-state index contributed by atoms with van der Waals surface area (Å²) in [4.78, 5) is 15.4. The Morgan fingerprint density at radius 3 is 2.55 bits per heavy atom. The van der Waals surface area contributed by atoms with Crippen molar-refractivity contribution in [2.24, 2.45) is 7.05 Å². The molecule has 0 spiro atoms. The summed E-state index contributed by atoms with van der Waals surface area (Å²) in [5.41, 5.74) is 2.28. The Bertz CT molecular complexity index is 1100. The van der Waals surface area contributed by atoms with Crippen molar-refractivity contribution in [2.75, 3.05) is 0 Å². The zero-order valence-corrected chi connectivity index (χ0v) is 19.2. The summed E-state index contributed by atoms with van der Waals surface area (Å²) in [7, 11) is 1.74. The first-order chi connectivity index (χ1) is 14.3. The average Bonchev–Trinajstić information content (AvgIpc) is 2.97. The number of carbonyl (C=O) groups is 1. The van der Waals surface area contributed by atoms with Crippen molar-refractivity contribution in [3.05, 3.63) is 63.5 Å². The third-order valence-electron chi connectivity index (χ3n) is 4.17. The molecule has 10 heteroatoms. The maximum Gasteiger partial charge on any atom is 0.344 e. The quantitative estimate of drug-likeness (QED) is 0.465. The molecular formula is C21H20Cl3N3O4. The number of rotatable bonds is 7. The SMILES string of the molecule is Cc1nn(C)c(Oc2cc(O[C@@H](C)C(=O)O)c(Cl)cc2Cl)c1/C=C/c1ccccn1.Cl. The summed E-state index contributed by atoms with van der Waals surface area (Å²) in [6.45, 7) is 3.26. The van der Waals surface area contributed by atoms with E-state index >= 15 is 0 Å². The van der Waals surface area contributed by atoms with Gasteiger partial charge in [-0.15, -0.1) is 12.4 Å². The highest BCUT2D eigenvalue weighted by atomic mass is 35.5. The van der Waals surface area contributed by atoms with Gasteiger partial charge in [-0.3, -0.25) is 4.98 Å². The molecule has 0 aliphatic rings. The van der Waals surface area contributed by atoms with Gasteiger partial charge in [0.15, 0.2) is 11.9 Å². The van der Waals surface area contributed by atoms with Crippen LogP contribution in [-0.2, 0) is 11.8 Å². The molecule has 0 amide bonds. The van der Waals surface area contributed by atoms with Crippen molar-refractivity contribution >= 4 is 53.7 Å². The number of carboxylic acids is 1. The van der Waals surface area contributed by atoms with E-state index < -0.39 is 12.1 Å². The summed E-state index contributed by atoms with van der Waals surface area (Å²) < 4.78 is 13.0. The number of nitrogens with zero attached hydrogens (tertiary/aromatic N) is 3. The molecule has 0 radical (unpaired) electrons. The van der Waals surface area contributed by atoms with E-state index in [0.717, 1.165) is 17.0 Å². The molecule has 2 aromatic heterocycles. The molecule has 0 aliphatic carbocycles. The lowest BCUT2D eigenvalue weighted by Crippen LogP contribution is -2.23. The zero-order chi connectivity index (χ0) is 21.8. The molecule has 0 unspecified atom stereocenters. The molecule has 3 rings (SSSR count). The van der Waals surface area contributed by atoms with Crippen LogP contribution >= 0.6 is 35.6 Å². The Balaban J connectivity index is 0.00000341. The van der Waals surface area contributed by atoms with Crippen molar-refractivity contribution < 1.29 is 19.4 Å². The minimum absolute atomic E-state index is 0. The second-order valence-corrected chi connectivity index (χ2v) is 7.24. The van der Waals surface area contributed by atoms with Crippen molar-refractivity contribution in [3.63, 3.8) is 0 Å². The van der Waals surface area contributed by atoms with Gasteiger partial charge in [0.25, 0.3) is 0 Å². The third-order valence-corrected chi connectivity index (χ3v) is 4.76. The fraction of sp³-hybridized carbons (Fsp3) is 0.190. The van der Waals surface area contributed by atoms with Crippen molar-refractivity contribution in [2.45, 2.75) is 20.0 Å². The lowest BCUT2D eigenvalue weighted by atomic mass is 10.2. The van der Waals surface area contributed by atoms with Gasteiger partial charge < -0.3 is 14.6 Å². The van der Waals surface area contributed by atoms with E-state index in [4.69, 9.17) is 37.8 Å². The number of halogens is 3. The van der Waals surface area contributed by atoms with Crippen LogP contribution in [0.15, 0.2) is 36.5 Å². The standard InChI is InChI=1S/C21H19Cl2N3O4.ClH/c1-12-15(8-7-14-6-4-5-9-24-14)20(26(3)25-12)30-19-11-18(16(22)10-17(19)23)29-13(2)21(27)28;/h4-11,13H,1-3H3,(H,27,28);1H/b8-7+;/t13-;/m0./s1. The molecule has 0 fully saturated rings. The smallest absolute Gasteiger partial charge is 0.344 e. The van der Waals surface area contributed by atoms with Crippen LogP contribution in [-0.4, -0.2) is 31.9 Å². The lowest BCUT2D eigenvalue weighted by molar-refractivity contribution is -0.144. The number of hydrogen-bond acceptors (Lipinski definition) is 5. The van der Waals surface area contributed by atoms with Crippen LogP contribution in [0.3, 0.4) is 0 Å². The molecule has 164 valence electrons. The monoisotopic (exact) mass is 483 g/mol. The molecule has 0 aliphatic heterocycles. The molecule has 31 heavy (non-hydrogen) atoms. The molecule has 0 saturated heterocycles. The Morgan fingerprint density at radius 1 is 1.19 bits per heavy atom. The highest BCUT2D eigenvalue weighted by molar-refractivity contribution is 6.36. The highest BCUT2D eigenvalue weighted by Crippen LogP contribution is 2.39. The van der Waals surface area contributed by atoms with Gasteiger partial charge in [0.05, 0.1) is 27.0 Å². The number of carboxylic acid groups (broad SMARTS) is 1. The maximum absolute atomic E-state index is 11.1. The van der Waals surface area contributed by atoms with Crippen LogP contribution in [0, 0.1) is 6.92 Å². The Labute approximate surface area is 195 Å². The van der Waals surface area contributed by atoms with E-state index in [-0.39, 0.29) is 34.0 Å². The van der Waals surface area contributed by atoms with E-state index in [2.05, 4.69) is 10.1 Å². The Morgan fingerprint density at radius 2 is 1.90 bits per heavy atom. The molecule has 1 atom stereocenters. The molecule has 0 bridgehead atoms. The van der Waals surface area contributed by atoms with Crippen LogP contribution in [0.2, 0.25) is 10.0 Å². The molecular weight excluding hydrogens is 465 g/mol. The summed E-state index contributed by atoms with van der Waals surface area (Å²) in [5, 5.41) is 13.9. The second kappa shape index (κ2) is 10.5. The van der Waals surface area contributed by atoms with Crippen LogP contribution in [0.1, 0.15) is 23.9 Å². The summed E-state index contributed by atoms with van der Waals surface area (Å²) in [5.74, 6) is -0.270. The number of pyridine rings is 1. The number of benzene rings is 1. The van der Waals surface area contributed by atoms with Gasteiger partial charge in [0.2, 0.25) is 5.88 Å². The van der Waals surface area contributed by atoms with Crippen molar-refractivity contribution in [1.82, 2.24) is 14.8 Å². The van der Waals surface area contributed by atoms with Crippen molar-refractivity contribution in [1.29, 1.82) is 0 Å². The molecule has 1 aromatic carbocycles. The second-order valence-electron chi connectivity index (χ2n) is 6.43. The third kappa shape index (κ3) is 5.91. The number of aliphatic carboxylic acids is 1. The number of aromatic nitrogens is 3. The summed E-state index contributed by atoms with van der Waals surface area (Å²) in [6, 6.07) is 8.52. The number of aryl methyl sites for hydroxylation is 2. The molecule has 7 nitrogen and oxygen atoms in total. The number of hydrogen-bond donors (Lipinski definition) is 1. The topological polar surface area (TPSA) is 86.5 Å². The van der Waals surface area contributed by atoms with E-state index in [1.54, 1.807) is 17.9 Å². The number of ether oxygens (including phenoxy) is 2. The normalized spacial score (nSPS) is 11.8. The zero-order valence-electron chi connectivity index (χ0n) is 16.9. The first-order valence-electron chi connectivity index (χ1n) is 8.95. The maximum atomic E-state index is 11.1. The molecule has 0 saturated carbocycles. The van der Waals surface area contributed by atoms with Crippen molar-refractivity contribution in [3.8, 4) is 17.4 Å². The highest BCUT2D eigenvalue weighted by Gasteiger charge is 2.19. The van der Waals surface area contributed by atoms with Crippen LogP contribution in [0.4, 0.5) is 0 Å². The van der Waals surface area contributed by atoms with Crippen LogP contribution < -0.4 is 9.47 Å². The molecule has 1 N–H and O–H groups in total. The Hall–Kier alpha value is -2.74. The van der Waals surface area contributed by atoms with Gasteiger partial charge in [0, 0.05) is 19.3 Å². The fourth-order valence-electron chi connectivity index (χ4n) is 2.63. The molecule has 2 heterocycles. The van der Waals surface area contributed by atoms with Gasteiger partial charge in [-0.2, -0.15) is 5.10 Å². The first-order valence-corrected chi connectivity index (χ1v) is 9.71. The van der Waals surface area contributed by atoms with Gasteiger partial charge in [0.1, 0.15) is 5.75 Å². The minimum Gasteiger partial charge on any atom is -0.479 e. The van der Waals surface area contributed by atoms with Crippen LogP contribution in [0.25, 0.3) is 12.2 Å². The summed E-state index contributed by atoms with van der Waals surface area (Å²) >= 11 is 12.4. The van der Waals surface area contributed by atoms with Gasteiger partial charge in [-0.25, -0.2) is 9.48 Å². The molecule has 3 aromatic rings. The van der Waals surface area contributed by atoms with E-state index in [1.165, 1.54) is 19.1 Å². The van der Waals surface area contributed by atoms with E-state index in [0.29, 0.717) is 5.88 Å². The summed E-state index contributed by atoms with van der Waals surface area (Å²) in [6.07, 6.45) is 4.32. The predicted molar refractivity (Wildman–Crippen MR) is 123 cm³/mol. The predicted octanol–water partition coefficient (Wildman–Crippen LogP) is 5.67. The largest absolute Gasteiger partial charge is 0.479 e. The van der Waals surface area contributed by atoms with E-state index in [9.17, 15) is 4.79 Å². The van der Waals surface area contributed by atoms with Gasteiger partial charge in [-0.1, -0.05) is 29.3 Å². The van der Waals surface area contributed by atoms with Crippen LogP contribution in [0.5, 0.6) is 17.4 Å². The fourth-order valence-corrected chi connectivity index (χ4v) is 3.10. The average molecular weight is 485 g/mol. The van der Waals surface area contributed by atoms with Gasteiger partial charge in [-0.05, 0) is 44.2 Å². The minimum atomic E-state index is -1.12. The first kappa shape index (κ1) is 24.5. The lowest BCUT2D eigenvalue weighted by Gasteiger charge is -2.15. The van der Waals surface area contributed by atoms with E-state index in [1.807, 2.05) is 37.3 Å². The van der Waals surface area contributed by atoms with Gasteiger partial charge >= 0.3 is 5.97 Å².